The van der Waals surface area contributed by atoms with Crippen molar-refractivity contribution >= 4 is 21.4 Å². The molecule has 2 aromatic rings. The lowest BCUT2D eigenvalue weighted by Gasteiger charge is -2.34. The third-order valence-corrected chi connectivity index (χ3v) is 6.04. The van der Waals surface area contributed by atoms with E-state index in [0.29, 0.717) is 5.69 Å². The third-order valence-electron chi connectivity index (χ3n) is 4.65. The van der Waals surface area contributed by atoms with Crippen molar-refractivity contribution in [3.63, 3.8) is 0 Å². The quantitative estimate of drug-likeness (QED) is 0.912. The summed E-state index contributed by atoms with van der Waals surface area (Å²) < 4.78 is 27.8. The molecule has 1 fully saturated rings. The number of nitrogens with zero attached hydrogens (tertiary/aromatic N) is 2. The van der Waals surface area contributed by atoms with Crippen molar-refractivity contribution in [2.45, 2.75) is 18.7 Å². The molecule has 2 aromatic carbocycles. The summed E-state index contributed by atoms with van der Waals surface area (Å²) in [5.74, 6) is 0. The molecule has 6 heteroatoms. The van der Waals surface area contributed by atoms with Crippen LogP contribution in [0.5, 0.6) is 0 Å². The van der Waals surface area contributed by atoms with E-state index in [1.807, 2.05) is 26.0 Å². The fraction of sp³-hybridized carbons (Fsp3) is 0.368. The molecule has 0 spiro atoms. The molecule has 1 aliphatic rings. The van der Waals surface area contributed by atoms with E-state index in [1.54, 1.807) is 24.3 Å². The number of piperazine rings is 1. The van der Waals surface area contributed by atoms with Gasteiger partial charge in [-0.25, -0.2) is 8.42 Å². The Morgan fingerprint density at radius 1 is 0.920 bits per heavy atom. The van der Waals surface area contributed by atoms with Crippen molar-refractivity contribution in [3.8, 4) is 0 Å². The Morgan fingerprint density at radius 2 is 1.56 bits per heavy atom. The van der Waals surface area contributed by atoms with Gasteiger partial charge in [-0.1, -0.05) is 17.7 Å². The number of hydrogen-bond acceptors (Lipinski definition) is 4. The molecule has 0 amide bonds. The highest BCUT2D eigenvalue weighted by Gasteiger charge is 2.17. The van der Waals surface area contributed by atoms with Gasteiger partial charge in [-0.3, -0.25) is 4.72 Å². The van der Waals surface area contributed by atoms with Gasteiger partial charge in [0.2, 0.25) is 0 Å². The Bertz CT molecular complexity index is 839. The fourth-order valence-electron chi connectivity index (χ4n) is 2.94. The average molecular weight is 359 g/mol. The Hall–Kier alpha value is -2.05. The summed E-state index contributed by atoms with van der Waals surface area (Å²) in [7, 11) is -1.44. The molecule has 5 nitrogen and oxygen atoms in total. The van der Waals surface area contributed by atoms with Crippen LogP contribution in [0.25, 0.3) is 0 Å². The molecular formula is C19H25N3O2S. The summed E-state index contributed by atoms with van der Waals surface area (Å²) in [6.45, 7) is 7.94. The van der Waals surface area contributed by atoms with Gasteiger partial charge < -0.3 is 9.80 Å². The summed E-state index contributed by atoms with van der Waals surface area (Å²) in [5.41, 5.74) is 3.72. The monoisotopic (exact) mass is 359 g/mol. The van der Waals surface area contributed by atoms with Crippen molar-refractivity contribution in [2.24, 2.45) is 0 Å². The minimum absolute atomic E-state index is 0.278. The number of benzene rings is 2. The maximum Gasteiger partial charge on any atom is 0.261 e. The highest BCUT2D eigenvalue weighted by molar-refractivity contribution is 7.92. The maximum atomic E-state index is 12.6. The second kappa shape index (κ2) is 7.06. The molecule has 25 heavy (non-hydrogen) atoms. The van der Waals surface area contributed by atoms with E-state index >= 15 is 0 Å². The van der Waals surface area contributed by atoms with Crippen molar-refractivity contribution in [1.82, 2.24) is 4.90 Å². The van der Waals surface area contributed by atoms with Gasteiger partial charge in [0.05, 0.1) is 10.6 Å². The maximum absolute atomic E-state index is 12.6. The van der Waals surface area contributed by atoms with Crippen LogP contribution in [-0.2, 0) is 10.0 Å². The van der Waals surface area contributed by atoms with Crippen LogP contribution in [0.3, 0.4) is 0 Å². The predicted octanol–water partition coefficient (Wildman–Crippen LogP) is 2.86. The number of likely N-dealkylation sites (N-methyl/N-ethyl adjacent to an activating group) is 1. The van der Waals surface area contributed by atoms with Gasteiger partial charge in [0.15, 0.2) is 0 Å². The highest BCUT2D eigenvalue weighted by atomic mass is 32.2. The van der Waals surface area contributed by atoms with E-state index in [2.05, 4.69) is 27.6 Å². The predicted molar refractivity (Wildman–Crippen MR) is 103 cm³/mol. The number of nitrogens with one attached hydrogen (secondary N) is 1. The van der Waals surface area contributed by atoms with Gasteiger partial charge in [-0.2, -0.15) is 0 Å². The smallest absolute Gasteiger partial charge is 0.261 e. The molecule has 0 saturated carbocycles. The van der Waals surface area contributed by atoms with Gasteiger partial charge in [0, 0.05) is 31.9 Å². The zero-order chi connectivity index (χ0) is 18.0. The summed E-state index contributed by atoms with van der Waals surface area (Å²) >= 11 is 0. The van der Waals surface area contributed by atoms with E-state index in [1.165, 1.54) is 0 Å². The standard InChI is InChI=1S/C19H25N3O2S/c1-15-4-7-18(8-5-15)25(23,24)20-19-9-6-17(14-16(19)2)22-12-10-21(3)11-13-22/h4-9,14,20H,10-13H2,1-3H3. The van der Waals surface area contributed by atoms with E-state index < -0.39 is 10.0 Å². The van der Waals surface area contributed by atoms with Crippen molar-refractivity contribution < 1.29 is 8.42 Å². The lowest BCUT2D eigenvalue weighted by Crippen LogP contribution is -2.44. The van der Waals surface area contributed by atoms with Gasteiger partial charge in [-0.05, 0) is 56.8 Å². The Labute approximate surface area is 150 Å². The van der Waals surface area contributed by atoms with E-state index in [4.69, 9.17) is 0 Å². The van der Waals surface area contributed by atoms with E-state index in [9.17, 15) is 8.42 Å². The largest absolute Gasteiger partial charge is 0.369 e. The lowest BCUT2D eigenvalue weighted by atomic mass is 10.1. The van der Waals surface area contributed by atoms with Crippen LogP contribution in [0.15, 0.2) is 47.4 Å². The molecular weight excluding hydrogens is 334 g/mol. The van der Waals surface area contributed by atoms with Gasteiger partial charge in [0.25, 0.3) is 10.0 Å². The highest BCUT2D eigenvalue weighted by Crippen LogP contribution is 2.25. The molecule has 0 unspecified atom stereocenters. The first-order valence-electron chi connectivity index (χ1n) is 8.49. The Balaban J connectivity index is 1.78. The second-order valence-electron chi connectivity index (χ2n) is 6.71. The van der Waals surface area contributed by atoms with E-state index in [-0.39, 0.29) is 4.90 Å². The topological polar surface area (TPSA) is 52.7 Å². The van der Waals surface area contributed by atoms with E-state index in [0.717, 1.165) is 43.0 Å². The zero-order valence-corrected chi connectivity index (χ0v) is 15.8. The molecule has 1 saturated heterocycles. The zero-order valence-electron chi connectivity index (χ0n) is 15.0. The minimum atomic E-state index is -3.57. The number of sulfonamides is 1. The molecule has 1 N–H and O–H groups in total. The molecule has 1 aliphatic heterocycles. The van der Waals surface area contributed by atoms with Gasteiger partial charge >= 0.3 is 0 Å². The first-order valence-corrected chi connectivity index (χ1v) is 9.97. The summed E-state index contributed by atoms with van der Waals surface area (Å²) in [5, 5.41) is 0. The Kier molecular flexibility index (Phi) is 5.01. The molecule has 134 valence electrons. The van der Waals surface area contributed by atoms with Gasteiger partial charge in [0.1, 0.15) is 0 Å². The normalized spacial score (nSPS) is 16.0. The molecule has 1 heterocycles. The Morgan fingerprint density at radius 3 is 2.16 bits per heavy atom. The first kappa shape index (κ1) is 17.8. The van der Waals surface area contributed by atoms with Crippen molar-refractivity contribution in [3.05, 3.63) is 53.6 Å². The third kappa shape index (κ3) is 4.14. The SMILES string of the molecule is Cc1ccc(S(=O)(=O)Nc2ccc(N3CCN(C)CC3)cc2C)cc1. The number of hydrogen-bond donors (Lipinski definition) is 1. The summed E-state index contributed by atoms with van der Waals surface area (Å²) in [6.07, 6.45) is 0. The molecule has 0 bridgehead atoms. The van der Waals surface area contributed by atoms with Crippen LogP contribution in [0.4, 0.5) is 11.4 Å². The number of anilines is 2. The van der Waals surface area contributed by atoms with Crippen LogP contribution >= 0.6 is 0 Å². The minimum Gasteiger partial charge on any atom is -0.369 e. The summed E-state index contributed by atoms with van der Waals surface area (Å²) in [6, 6.07) is 12.8. The van der Waals surface area contributed by atoms with Crippen molar-refractivity contribution in [1.29, 1.82) is 0 Å². The number of aryl methyl sites for hydroxylation is 2. The van der Waals surface area contributed by atoms with Crippen LogP contribution < -0.4 is 9.62 Å². The van der Waals surface area contributed by atoms with Crippen molar-refractivity contribution in [2.75, 3.05) is 42.8 Å². The average Bonchev–Trinajstić information content (AvgIpc) is 2.58. The molecule has 0 aliphatic carbocycles. The van der Waals surface area contributed by atoms with Gasteiger partial charge in [-0.15, -0.1) is 0 Å². The molecule has 0 atom stereocenters. The van der Waals surface area contributed by atoms with Crippen LogP contribution in [0.2, 0.25) is 0 Å². The van der Waals surface area contributed by atoms with Crippen LogP contribution in [0, 0.1) is 13.8 Å². The first-order chi connectivity index (χ1) is 11.8. The second-order valence-corrected chi connectivity index (χ2v) is 8.39. The fourth-order valence-corrected chi connectivity index (χ4v) is 4.08. The van der Waals surface area contributed by atoms with Crippen LogP contribution in [0.1, 0.15) is 11.1 Å². The molecule has 3 rings (SSSR count). The summed E-state index contributed by atoms with van der Waals surface area (Å²) in [4.78, 5) is 4.93. The number of rotatable bonds is 4. The molecule has 0 aromatic heterocycles. The lowest BCUT2D eigenvalue weighted by molar-refractivity contribution is 0.313. The molecule has 0 radical (unpaired) electrons. The van der Waals surface area contributed by atoms with Crippen LogP contribution in [-0.4, -0.2) is 46.5 Å².